The van der Waals surface area contributed by atoms with Crippen molar-refractivity contribution in [2.24, 2.45) is 11.8 Å². The first-order valence-electron chi connectivity index (χ1n) is 8.55. The predicted molar refractivity (Wildman–Crippen MR) is 89.7 cm³/mol. The van der Waals surface area contributed by atoms with Crippen LogP contribution < -0.4 is 0 Å². The maximum Gasteiger partial charge on any atom is 0.356 e. The van der Waals surface area contributed by atoms with E-state index in [4.69, 9.17) is 4.74 Å². The van der Waals surface area contributed by atoms with Gasteiger partial charge in [-0.1, -0.05) is 0 Å². The molecule has 8 heteroatoms. The fourth-order valence-corrected chi connectivity index (χ4v) is 3.27. The number of carbonyl (C=O) groups is 1. The van der Waals surface area contributed by atoms with E-state index in [2.05, 4.69) is 20.4 Å². The minimum absolute atomic E-state index is 0.233. The van der Waals surface area contributed by atoms with E-state index in [1.807, 2.05) is 6.07 Å². The molecule has 25 heavy (non-hydrogen) atoms. The second-order valence-electron chi connectivity index (χ2n) is 6.61. The molecule has 1 fully saturated rings. The number of esters is 1. The average molecular weight is 345 g/mol. The van der Waals surface area contributed by atoms with Crippen molar-refractivity contribution >= 4 is 5.97 Å². The molecule has 134 valence electrons. The Labute approximate surface area is 146 Å². The van der Waals surface area contributed by atoms with Crippen LogP contribution >= 0.6 is 0 Å². The zero-order valence-corrected chi connectivity index (χ0v) is 14.6. The van der Waals surface area contributed by atoms with Crippen molar-refractivity contribution in [3.63, 3.8) is 0 Å². The van der Waals surface area contributed by atoms with E-state index in [1.165, 1.54) is 7.11 Å². The van der Waals surface area contributed by atoms with Crippen LogP contribution in [-0.4, -0.2) is 50.0 Å². The number of hydrogen-bond acceptors (Lipinski definition) is 7. The maximum absolute atomic E-state index is 11.7. The van der Waals surface area contributed by atoms with Crippen molar-refractivity contribution in [2.75, 3.05) is 13.7 Å². The highest BCUT2D eigenvalue weighted by Crippen LogP contribution is 2.29. The van der Waals surface area contributed by atoms with E-state index in [-0.39, 0.29) is 12.3 Å². The van der Waals surface area contributed by atoms with Gasteiger partial charge in [0.15, 0.2) is 0 Å². The summed E-state index contributed by atoms with van der Waals surface area (Å²) < 4.78 is 4.72. The van der Waals surface area contributed by atoms with Gasteiger partial charge in [0.1, 0.15) is 5.69 Å². The van der Waals surface area contributed by atoms with Gasteiger partial charge in [-0.3, -0.25) is 0 Å². The Morgan fingerprint density at radius 1 is 1.28 bits per heavy atom. The molecule has 0 amide bonds. The number of methoxy groups -OCH3 is 1. The molecule has 0 atom stereocenters. The summed E-state index contributed by atoms with van der Waals surface area (Å²) in [6, 6.07) is 3.44. The van der Waals surface area contributed by atoms with Crippen LogP contribution in [0, 0.1) is 18.8 Å². The number of aromatic nitrogens is 5. The van der Waals surface area contributed by atoms with Crippen LogP contribution in [0.3, 0.4) is 0 Å². The summed E-state index contributed by atoms with van der Waals surface area (Å²) in [7, 11) is 1.33. The van der Waals surface area contributed by atoms with E-state index < -0.39 is 5.97 Å². The predicted octanol–water partition coefficient (Wildman–Crippen LogP) is 1.63. The first-order valence-corrected chi connectivity index (χ1v) is 8.55. The Morgan fingerprint density at radius 3 is 2.68 bits per heavy atom. The molecular weight excluding hydrogens is 322 g/mol. The second-order valence-corrected chi connectivity index (χ2v) is 6.61. The van der Waals surface area contributed by atoms with Crippen molar-refractivity contribution in [3.05, 3.63) is 23.5 Å². The molecule has 0 spiro atoms. The molecule has 2 aromatic heterocycles. The number of rotatable bonds is 5. The molecule has 2 heterocycles. The molecule has 0 aromatic carbocycles. The molecule has 8 nitrogen and oxygen atoms in total. The smallest absolute Gasteiger partial charge is 0.356 e. The number of aryl methyl sites for hydroxylation is 1. The van der Waals surface area contributed by atoms with Gasteiger partial charge in [0.25, 0.3) is 0 Å². The molecule has 3 rings (SSSR count). The van der Waals surface area contributed by atoms with Crippen LogP contribution in [-0.2, 0) is 11.3 Å². The van der Waals surface area contributed by atoms with Crippen LogP contribution in [0.4, 0.5) is 0 Å². The topological polar surface area (TPSA) is 103 Å². The monoisotopic (exact) mass is 345 g/mol. The summed E-state index contributed by atoms with van der Waals surface area (Å²) in [5.41, 5.74) is 1.62. The minimum atomic E-state index is -0.488. The van der Waals surface area contributed by atoms with Crippen LogP contribution in [0.25, 0.3) is 11.4 Å². The first kappa shape index (κ1) is 17.5. The lowest BCUT2D eigenvalue weighted by Gasteiger charge is -2.26. The number of hydrogen-bond donors (Lipinski definition) is 1. The number of tetrazole rings is 1. The lowest BCUT2D eigenvalue weighted by atomic mass is 9.82. The first-order chi connectivity index (χ1) is 12.1. The van der Waals surface area contributed by atoms with Gasteiger partial charge in [-0.05, 0) is 61.8 Å². The number of nitrogens with zero attached hydrogens (tertiary/aromatic N) is 5. The van der Waals surface area contributed by atoms with E-state index in [0.29, 0.717) is 28.9 Å². The fourth-order valence-electron chi connectivity index (χ4n) is 3.27. The summed E-state index contributed by atoms with van der Waals surface area (Å²) in [6.07, 6.45) is 4.25. The third-order valence-electron chi connectivity index (χ3n) is 4.71. The van der Waals surface area contributed by atoms with Gasteiger partial charge in [-0.2, -0.15) is 4.80 Å². The van der Waals surface area contributed by atoms with Gasteiger partial charge in [0, 0.05) is 17.9 Å². The molecule has 0 saturated heterocycles. The average Bonchev–Trinajstić information content (AvgIpc) is 3.09. The van der Waals surface area contributed by atoms with Gasteiger partial charge < -0.3 is 9.84 Å². The normalized spacial score (nSPS) is 20.4. The minimum Gasteiger partial charge on any atom is -0.464 e. The van der Waals surface area contributed by atoms with Gasteiger partial charge >= 0.3 is 5.97 Å². The Bertz CT molecular complexity index is 738. The van der Waals surface area contributed by atoms with E-state index in [1.54, 1.807) is 17.8 Å². The van der Waals surface area contributed by atoms with E-state index in [9.17, 15) is 9.90 Å². The quantitative estimate of drug-likeness (QED) is 0.821. The van der Waals surface area contributed by atoms with Crippen LogP contribution in [0.5, 0.6) is 0 Å². The SMILES string of the molecule is COC(=O)c1cc(-c2nnn(C[C@H]3CC[C@H](CO)CC3)n2)cc(C)n1. The van der Waals surface area contributed by atoms with Crippen molar-refractivity contribution in [3.8, 4) is 11.4 Å². The molecule has 1 aliphatic rings. The van der Waals surface area contributed by atoms with E-state index >= 15 is 0 Å². The molecule has 1 N–H and O–H groups in total. The van der Waals surface area contributed by atoms with Crippen LogP contribution in [0.1, 0.15) is 41.9 Å². The lowest BCUT2D eigenvalue weighted by molar-refractivity contribution is 0.0594. The van der Waals surface area contributed by atoms with Crippen molar-refractivity contribution < 1.29 is 14.6 Å². The lowest BCUT2D eigenvalue weighted by Crippen LogP contribution is -2.21. The standard InChI is InChI=1S/C17H23N5O3/c1-11-7-14(8-15(18-11)17(24)25-2)16-19-21-22(20-16)9-12-3-5-13(10-23)6-4-12/h7-8,12-13,23H,3-6,9-10H2,1-2H3/t12-,13-. The molecule has 0 unspecified atom stereocenters. The van der Waals surface area contributed by atoms with Crippen molar-refractivity contribution in [1.29, 1.82) is 0 Å². The summed E-state index contributed by atoms with van der Waals surface area (Å²) in [4.78, 5) is 17.5. The highest BCUT2D eigenvalue weighted by molar-refractivity contribution is 5.88. The zero-order valence-electron chi connectivity index (χ0n) is 14.6. The molecule has 2 aromatic rings. The summed E-state index contributed by atoms with van der Waals surface area (Å²) >= 11 is 0. The Balaban J connectivity index is 1.71. The third-order valence-corrected chi connectivity index (χ3v) is 4.71. The number of aliphatic hydroxyl groups excluding tert-OH is 1. The fraction of sp³-hybridized carbons (Fsp3) is 0.588. The Hall–Kier alpha value is -2.35. The highest BCUT2D eigenvalue weighted by Gasteiger charge is 2.22. The van der Waals surface area contributed by atoms with Gasteiger partial charge in [-0.25, -0.2) is 9.78 Å². The summed E-state index contributed by atoms with van der Waals surface area (Å²) in [6.45, 7) is 2.81. The van der Waals surface area contributed by atoms with Crippen LogP contribution in [0.15, 0.2) is 12.1 Å². The summed E-state index contributed by atoms with van der Waals surface area (Å²) in [5.74, 6) is 0.930. The number of ether oxygens (including phenoxy) is 1. The second kappa shape index (κ2) is 7.69. The van der Waals surface area contributed by atoms with Gasteiger partial charge in [0.05, 0.1) is 13.7 Å². The number of pyridine rings is 1. The molecule has 0 bridgehead atoms. The van der Waals surface area contributed by atoms with Gasteiger partial charge in [0.2, 0.25) is 5.82 Å². The van der Waals surface area contributed by atoms with Crippen LogP contribution in [0.2, 0.25) is 0 Å². The highest BCUT2D eigenvalue weighted by atomic mass is 16.5. The van der Waals surface area contributed by atoms with E-state index in [0.717, 1.165) is 32.2 Å². The molecule has 1 saturated carbocycles. The molecule has 1 aliphatic carbocycles. The number of carbonyl (C=O) groups excluding carboxylic acids is 1. The Kier molecular flexibility index (Phi) is 5.37. The largest absolute Gasteiger partial charge is 0.464 e. The molecule has 0 aliphatic heterocycles. The maximum atomic E-state index is 11.7. The molecular formula is C17H23N5O3. The summed E-state index contributed by atoms with van der Waals surface area (Å²) in [5, 5.41) is 21.9. The van der Waals surface area contributed by atoms with Gasteiger partial charge in [-0.15, -0.1) is 10.2 Å². The zero-order chi connectivity index (χ0) is 17.8. The van der Waals surface area contributed by atoms with Crippen molar-refractivity contribution in [2.45, 2.75) is 39.2 Å². The van der Waals surface area contributed by atoms with Crippen molar-refractivity contribution in [1.82, 2.24) is 25.2 Å². The molecule has 0 radical (unpaired) electrons. The Morgan fingerprint density at radius 2 is 2.00 bits per heavy atom. The third kappa shape index (κ3) is 4.19. The number of aliphatic hydroxyl groups is 1.